The average Bonchev–Trinajstić information content (AvgIpc) is 2.18. The second-order valence-electron chi connectivity index (χ2n) is 3.43. The van der Waals surface area contributed by atoms with Crippen LogP contribution in [0.1, 0.15) is 0 Å². The van der Waals surface area contributed by atoms with Crippen LogP contribution >= 0.6 is 0 Å². The van der Waals surface area contributed by atoms with Gasteiger partial charge < -0.3 is 15.0 Å². The molecule has 1 aromatic carbocycles. The van der Waals surface area contributed by atoms with Crippen molar-refractivity contribution < 1.29 is 4.74 Å². The highest BCUT2D eigenvalue weighted by Crippen LogP contribution is 2.14. The summed E-state index contributed by atoms with van der Waals surface area (Å²) in [5.41, 5.74) is 1.10. The van der Waals surface area contributed by atoms with Gasteiger partial charge in [-0.2, -0.15) is 0 Å². The smallest absolute Gasteiger partial charge is 0.119 e. The molecule has 0 fully saturated rings. The standard InChI is InChI=1S/C11H18N2O/c1-12-10-4-6-11(7-5-10)14-9-8-13(2)3/h4-7,12H,8-9H2,1-3H3. The Morgan fingerprint density at radius 2 is 1.86 bits per heavy atom. The first-order valence-corrected chi connectivity index (χ1v) is 4.77. The number of rotatable bonds is 5. The molecule has 3 nitrogen and oxygen atoms in total. The number of nitrogens with one attached hydrogen (secondary N) is 1. The van der Waals surface area contributed by atoms with Crippen LogP contribution in [0.2, 0.25) is 0 Å². The van der Waals surface area contributed by atoms with E-state index in [2.05, 4.69) is 10.2 Å². The molecule has 0 radical (unpaired) electrons. The Kier molecular flexibility index (Phi) is 4.26. The van der Waals surface area contributed by atoms with Gasteiger partial charge >= 0.3 is 0 Å². The van der Waals surface area contributed by atoms with E-state index in [0.29, 0.717) is 0 Å². The summed E-state index contributed by atoms with van der Waals surface area (Å²) >= 11 is 0. The van der Waals surface area contributed by atoms with Gasteiger partial charge in [0.15, 0.2) is 0 Å². The number of hydrogen-bond donors (Lipinski definition) is 1. The zero-order chi connectivity index (χ0) is 10.4. The molecule has 0 atom stereocenters. The molecule has 0 saturated heterocycles. The molecular formula is C11H18N2O. The molecule has 1 aromatic rings. The van der Waals surface area contributed by atoms with Crippen LogP contribution in [0, 0.1) is 0 Å². The van der Waals surface area contributed by atoms with Gasteiger partial charge in [0.2, 0.25) is 0 Å². The van der Waals surface area contributed by atoms with Crippen LogP contribution in [0.5, 0.6) is 5.75 Å². The largest absolute Gasteiger partial charge is 0.492 e. The molecule has 0 bridgehead atoms. The molecule has 0 amide bonds. The van der Waals surface area contributed by atoms with Gasteiger partial charge in [-0.05, 0) is 38.4 Å². The lowest BCUT2D eigenvalue weighted by Gasteiger charge is -2.11. The molecule has 0 unspecified atom stereocenters. The van der Waals surface area contributed by atoms with Crippen molar-refractivity contribution in [2.75, 3.05) is 39.6 Å². The monoisotopic (exact) mass is 194 g/mol. The first-order valence-electron chi connectivity index (χ1n) is 4.77. The molecule has 0 aliphatic carbocycles. The Balaban J connectivity index is 2.36. The van der Waals surface area contributed by atoms with Gasteiger partial charge in [-0.25, -0.2) is 0 Å². The van der Waals surface area contributed by atoms with Crippen molar-refractivity contribution in [3.63, 3.8) is 0 Å². The van der Waals surface area contributed by atoms with Crippen molar-refractivity contribution >= 4 is 5.69 Å². The van der Waals surface area contributed by atoms with Crippen molar-refractivity contribution in [2.45, 2.75) is 0 Å². The summed E-state index contributed by atoms with van der Waals surface area (Å²) in [6, 6.07) is 7.96. The number of ether oxygens (including phenoxy) is 1. The highest BCUT2D eigenvalue weighted by molar-refractivity contribution is 5.45. The lowest BCUT2D eigenvalue weighted by Crippen LogP contribution is -2.19. The Morgan fingerprint density at radius 1 is 1.21 bits per heavy atom. The quantitative estimate of drug-likeness (QED) is 0.771. The third kappa shape index (κ3) is 3.66. The lowest BCUT2D eigenvalue weighted by atomic mass is 10.3. The number of nitrogens with zero attached hydrogens (tertiary/aromatic N) is 1. The SMILES string of the molecule is CNc1ccc(OCCN(C)C)cc1. The van der Waals surface area contributed by atoms with Crippen LogP contribution < -0.4 is 10.1 Å². The molecule has 1 rings (SSSR count). The van der Waals surface area contributed by atoms with Crippen molar-refractivity contribution in [1.82, 2.24) is 4.90 Å². The second-order valence-corrected chi connectivity index (χ2v) is 3.43. The van der Waals surface area contributed by atoms with Gasteiger partial charge in [-0.1, -0.05) is 0 Å². The minimum Gasteiger partial charge on any atom is -0.492 e. The molecule has 0 aliphatic rings. The molecule has 0 heterocycles. The Morgan fingerprint density at radius 3 is 2.36 bits per heavy atom. The van der Waals surface area contributed by atoms with E-state index >= 15 is 0 Å². The van der Waals surface area contributed by atoms with Crippen molar-refractivity contribution in [2.24, 2.45) is 0 Å². The summed E-state index contributed by atoms with van der Waals surface area (Å²) < 4.78 is 5.55. The summed E-state index contributed by atoms with van der Waals surface area (Å²) in [4.78, 5) is 2.10. The minimum atomic E-state index is 0.728. The molecule has 14 heavy (non-hydrogen) atoms. The highest BCUT2D eigenvalue weighted by Gasteiger charge is 1.94. The molecular weight excluding hydrogens is 176 g/mol. The van der Waals surface area contributed by atoms with Gasteiger partial charge in [0, 0.05) is 19.3 Å². The Bertz CT molecular complexity index is 256. The normalized spacial score (nSPS) is 10.3. The molecule has 1 N–H and O–H groups in total. The van der Waals surface area contributed by atoms with Gasteiger partial charge in [-0.3, -0.25) is 0 Å². The van der Waals surface area contributed by atoms with E-state index in [-0.39, 0.29) is 0 Å². The van der Waals surface area contributed by atoms with E-state index in [4.69, 9.17) is 4.74 Å². The van der Waals surface area contributed by atoms with E-state index in [0.717, 1.165) is 24.6 Å². The number of likely N-dealkylation sites (N-methyl/N-ethyl adjacent to an activating group) is 1. The number of hydrogen-bond acceptors (Lipinski definition) is 3. The van der Waals surface area contributed by atoms with E-state index in [1.165, 1.54) is 0 Å². The van der Waals surface area contributed by atoms with E-state index < -0.39 is 0 Å². The van der Waals surface area contributed by atoms with Gasteiger partial charge in [0.1, 0.15) is 12.4 Å². The van der Waals surface area contributed by atoms with Crippen molar-refractivity contribution in [1.29, 1.82) is 0 Å². The van der Waals surface area contributed by atoms with Crippen LogP contribution in [-0.2, 0) is 0 Å². The zero-order valence-corrected chi connectivity index (χ0v) is 9.08. The van der Waals surface area contributed by atoms with Crippen molar-refractivity contribution in [3.05, 3.63) is 24.3 Å². The Labute approximate surface area is 85.7 Å². The molecule has 0 spiro atoms. The minimum absolute atomic E-state index is 0.728. The van der Waals surface area contributed by atoms with Crippen LogP contribution in [0.3, 0.4) is 0 Å². The second kappa shape index (κ2) is 5.50. The molecule has 0 saturated carbocycles. The topological polar surface area (TPSA) is 24.5 Å². The van der Waals surface area contributed by atoms with E-state index in [1.807, 2.05) is 45.4 Å². The summed E-state index contributed by atoms with van der Waals surface area (Å²) in [6.07, 6.45) is 0. The van der Waals surface area contributed by atoms with Gasteiger partial charge in [0.05, 0.1) is 0 Å². The molecule has 0 aliphatic heterocycles. The number of anilines is 1. The maximum Gasteiger partial charge on any atom is 0.119 e. The van der Waals surface area contributed by atoms with E-state index in [1.54, 1.807) is 0 Å². The van der Waals surface area contributed by atoms with Crippen LogP contribution in [0.15, 0.2) is 24.3 Å². The fourth-order valence-corrected chi connectivity index (χ4v) is 1.06. The maximum atomic E-state index is 5.55. The molecule has 3 heteroatoms. The fourth-order valence-electron chi connectivity index (χ4n) is 1.06. The predicted molar refractivity (Wildman–Crippen MR) is 60.0 cm³/mol. The first-order chi connectivity index (χ1) is 6.72. The average molecular weight is 194 g/mol. The zero-order valence-electron chi connectivity index (χ0n) is 9.08. The summed E-state index contributed by atoms with van der Waals surface area (Å²) in [6.45, 7) is 1.67. The van der Waals surface area contributed by atoms with Gasteiger partial charge in [-0.15, -0.1) is 0 Å². The van der Waals surface area contributed by atoms with Crippen molar-refractivity contribution in [3.8, 4) is 5.75 Å². The predicted octanol–water partition coefficient (Wildman–Crippen LogP) is 1.67. The first kappa shape index (κ1) is 10.9. The lowest BCUT2D eigenvalue weighted by molar-refractivity contribution is 0.261. The maximum absolute atomic E-state index is 5.55. The molecule has 0 aromatic heterocycles. The third-order valence-corrected chi connectivity index (χ3v) is 1.95. The van der Waals surface area contributed by atoms with E-state index in [9.17, 15) is 0 Å². The van der Waals surface area contributed by atoms with Crippen LogP contribution in [0.4, 0.5) is 5.69 Å². The fraction of sp³-hybridized carbons (Fsp3) is 0.455. The Hall–Kier alpha value is -1.22. The highest BCUT2D eigenvalue weighted by atomic mass is 16.5. The third-order valence-electron chi connectivity index (χ3n) is 1.95. The van der Waals surface area contributed by atoms with Crippen LogP contribution in [0.25, 0.3) is 0 Å². The van der Waals surface area contributed by atoms with Gasteiger partial charge in [0.25, 0.3) is 0 Å². The number of benzene rings is 1. The summed E-state index contributed by atoms with van der Waals surface area (Å²) in [7, 11) is 5.98. The van der Waals surface area contributed by atoms with Crippen LogP contribution in [-0.4, -0.2) is 39.2 Å². The molecule has 78 valence electrons. The summed E-state index contributed by atoms with van der Waals surface area (Å²) in [5, 5.41) is 3.06. The summed E-state index contributed by atoms with van der Waals surface area (Å²) in [5.74, 6) is 0.922.